The number of nitrogens with zero attached hydrogens (tertiary/aromatic N) is 3. The molecule has 0 saturated heterocycles. The highest BCUT2D eigenvalue weighted by Crippen LogP contribution is 2.20. The van der Waals surface area contributed by atoms with Gasteiger partial charge in [-0.25, -0.2) is 9.97 Å². The minimum absolute atomic E-state index is 0.359. The van der Waals surface area contributed by atoms with Crippen molar-refractivity contribution in [1.82, 2.24) is 15.0 Å². The Morgan fingerprint density at radius 1 is 1.30 bits per heavy atom. The van der Waals surface area contributed by atoms with Crippen molar-refractivity contribution in [2.75, 3.05) is 11.5 Å². The largest absolute Gasteiger partial charge is 0.463 e. The molecule has 0 aliphatic heterocycles. The Bertz CT molecular complexity index is 726. The highest BCUT2D eigenvalue weighted by molar-refractivity contribution is 7.99. The first-order valence-corrected chi connectivity index (χ1v) is 7.32. The van der Waals surface area contributed by atoms with Gasteiger partial charge in [-0.05, 0) is 18.6 Å². The molecule has 102 valence electrons. The lowest BCUT2D eigenvalue weighted by Gasteiger charge is -2.02. The SMILES string of the molecule is Nc1cc(Cl)nc(SCCc2cc3ccoc3cn2)n1. The molecule has 0 bridgehead atoms. The molecule has 0 aliphatic rings. The van der Waals surface area contributed by atoms with Gasteiger partial charge in [0.15, 0.2) is 10.7 Å². The molecule has 7 heteroatoms. The fourth-order valence-electron chi connectivity index (χ4n) is 1.77. The van der Waals surface area contributed by atoms with Crippen molar-refractivity contribution in [2.45, 2.75) is 11.6 Å². The molecule has 0 aromatic carbocycles. The van der Waals surface area contributed by atoms with Crippen molar-refractivity contribution in [3.63, 3.8) is 0 Å². The Morgan fingerprint density at radius 3 is 3.05 bits per heavy atom. The molecule has 2 N–H and O–H groups in total. The van der Waals surface area contributed by atoms with Crippen LogP contribution in [0.1, 0.15) is 5.69 Å². The van der Waals surface area contributed by atoms with E-state index in [-0.39, 0.29) is 0 Å². The standard InChI is InChI=1S/C13H11ClN4OS/c14-11-6-12(15)18-13(17-11)20-4-2-9-5-8-1-3-19-10(8)7-16-9/h1,3,5-7H,2,4H2,(H2,15,17,18). The highest BCUT2D eigenvalue weighted by Gasteiger charge is 2.04. The predicted octanol–water partition coefficient (Wildman–Crippen LogP) is 3.19. The highest BCUT2D eigenvalue weighted by atomic mass is 35.5. The quantitative estimate of drug-likeness (QED) is 0.453. The van der Waals surface area contributed by atoms with Crippen molar-refractivity contribution >= 4 is 40.1 Å². The fraction of sp³-hybridized carbons (Fsp3) is 0.154. The zero-order valence-electron chi connectivity index (χ0n) is 10.4. The smallest absolute Gasteiger partial charge is 0.190 e. The van der Waals surface area contributed by atoms with Gasteiger partial charge in [-0.1, -0.05) is 23.4 Å². The number of nitrogen functional groups attached to an aromatic ring is 1. The average Bonchev–Trinajstić information content (AvgIpc) is 2.85. The van der Waals surface area contributed by atoms with Crippen molar-refractivity contribution < 1.29 is 4.42 Å². The Labute approximate surface area is 124 Å². The third-order valence-corrected chi connectivity index (χ3v) is 3.72. The maximum Gasteiger partial charge on any atom is 0.190 e. The summed E-state index contributed by atoms with van der Waals surface area (Å²) < 4.78 is 5.26. The lowest BCUT2D eigenvalue weighted by atomic mass is 10.2. The van der Waals surface area contributed by atoms with E-state index in [0.29, 0.717) is 16.1 Å². The maximum atomic E-state index is 5.83. The lowest BCUT2D eigenvalue weighted by molar-refractivity contribution is 0.614. The zero-order valence-corrected chi connectivity index (χ0v) is 12.0. The molecule has 0 fully saturated rings. The summed E-state index contributed by atoms with van der Waals surface area (Å²) in [5.41, 5.74) is 7.42. The second kappa shape index (κ2) is 5.68. The second-order valence-corrected chi connectivity index (χ2v) is 5.58. The van der Waals surface area contributed by atoms with Crippen molar-refractivity contribution in [3.05, 3.63) is 41.5 Å². The van der Waals surface area contributed by atoms with Gasteiger partial charge < -0.3 is 10.2 Å². The Kier molecular flexibility index (Phi) is 3.75. The van der Waals surface area contributed by atoms with Gasteiger partial charge in [0.05, 0.1) is 12.5 Å². The predicted molar refractivity (Wildman–Crippen MR) is 79.9 cm³/mol. The van der Waals surface area contributed by atoms with Crippen LogP contribution in [-0.4, -0.2) is 20.7 Å². The van der Waals surface area contributed by atoms with Crippen LogP contribution >= 0.6 is 23.4 Å². The van der Waals surface area contributed by atoms with Crippen LogP contribution in [0.4, 0.5) is 5.82 Å². The summed E-state index contributed by atoms with van der Waals surface area (Å²) >= 11 is 7.33. The number of thioether (sulfide) groups is 1. The number of aryl methyl sites for hydroxylation is 1. The molecule has 0 atom stereocenters. The van der Waals surface area contributed by atoms with Crippen molar-refractivity contribution in [2.24, 2.45) is 0 Å². The number of pyridine rings is 1. The number of hydrogen-bond donors (Lipinski definition) is 1. The molecular formula is C13H11ClN4OS. The number of aromatic nitrogens is 3. The molecule has 3 heterocycles. The molecule has 3 aromatic heterocycles. The molecule has 0 saturated carbocycles. The molecule has 0 spiro atoms. The molecule has 3 aromatic rings. The van der Waals surface area contributed by atoms with Crippen molar-refractivity contribution in [3.8, 4) is 0 Å². The third-order valence-electron chi connectivity index (χ3n) is 2.68. The van der Waals surface area contributed by atoms with Crippen molar-refractivity contribution in [1.29, 1.82) is 0 Å². The van der Waals surface area contributed by atoms with E-state index in [2.05, 4.69) is 15.0 Å². The van der Waals surface area contributed by atoms with E-state index in [9.17, 15) is 0 Å². The summed E-state index contributed by atoms with van der Waals surface area (Å²) in [6.07, 6.45) is 4.21. The van der Waals surface area contributed by atoms with E-state index in [4.69, 9.17) is 21.8 Å². The van der Waals surface area contributed by atoms with E-state index >= 15 is 0 Å². The number of rotatable bonds is 4. The van der Waals surface area contributed by atoms with Crippen LogP contribution in [0.25, 0.3) is 11.0 Å². The molecule has 0 unspecified atom stereocenters. The fourth-order valence-corrected chi connectivity index (χ4v) is 2.84. The Balaban J connectivity index is 1.64. The zero-order chi connectivity index (χ0) is 13.9. The second-order valence-electron chi connectivity index (χ2n) is 4.13. The van der Waals surface area contributed by atoms with Gasteiger partial charge >= 0.3 is 0 Å². The van der Waals surface area contributed by atoms with Gasteiger partial charge in [-0.2, -0.15) is 0 Å². The summed E-state index contributed by atoms with van der Waals surface area (Å²) in [6, 6.07) is 5.47. The molecule has 0 aliphatic carbocycles. The number of anilines is 1. The lowest BCUT2D eigenvalue weighted by Crippen LogP contribution is -1.97. The van der Waals surface area contributed by atoms with E-state index in [1.165, 1.54) is 17.8 Å². The Hall–Kier alpha value is -1.79. The van der Waals surface area contributed by atoms with E-state index in [1.807, 2.05) is 12.1 Å². The number of fused-ring (bicyclic) bond motifs is 1. The average molecular weight is 307 g/mol. The van der Waals surface area contributed by atoms with Gasteiger partial charge in [-0.3, -0.25) is 4.98 Å². The van der Waals surface area contributed by atoms with E-state index < -0.39 is 0 Å². The number of furan rings is 1. The van der Waals surface area contributed by atoms with Crippen LogP contribution in [0, 0.1) is 0 Å². The first-order valence-electron chi connectivity index (χ1n) is 5.96. The van der Waals surface area contributed by atoms with E-state index in [0.717, 1.165) is 28.8 Å². The molecule has 5 nitrogen and oxygen atoms in total. The molecule has 3 rings (SSSR count). The van der Waals surface area contributed by atoms with Gasteiger partial charge in [0.25, 0.3) is 0 Å². The normalized spacial score (nSPS) is 11.1. The first-order chi connectivity index (χ1) is 9.70. The van der Waals surface area contributed by atoms with Crippen LogP contribution < -0.4 is 5.73 Å². The van der Waals surface area contributed by atoms with Crippen LogP contribution in [0.3, 0.4) is 0 Å². The summed E-state index contributed by atoms with van der Waals surface area (Å²) in [6.45, 7) is 0. The van der Waals surface area contributed by atoms with Gasteiger partial charge in [-0.15, -0.1) is 0 Å². The Morgan fingerprint density at radius 2 is 2.20 bits per heavy atom. The minimum atomic E-state index is 0.359. The topological polar surface area (TPSA) is 77.8 Å². The van der Waals surface area contributed by atoms with E-state index in [1.54, 1.807) is 12.5 Å². The third kappa shape index (κ3) is 3.02. The number of hydrogen-bond acceptors (Lipinski definition) is 6. The van der Waals surface area contributed by atoms with Gasteiger partial charge in [0.2, 0.25) is 0 Å². The molecule has 20 heavy (non-hydrogen) atoms. The molecule has 0 radical (unpaired) electrons. The monoisotopic (exact) mass is 306 g/mol. The summed E-state index contributed by atoms with van der Waals surface area (Å²) in [5, 5.41) is 2.00. The summed E-state index contributed by atoms with van der Waals surface area (Å²) in [4.78, 5) is 12.6. The van der Waals surface area contributed by atoms with Crippen LogP contribution in [0.15, 0.2) is 40.2 Å². The number of nitrogens with two attached hydrogens (primary N) is 1. The van der Waals surface area contributed by atoms with Gasteiger partial charge in [0.1, 0.15) is 11.0 Å². The first kappa shape index (κ1) is 13.2. The minimum Gasteiger partial charge on any atom is -0.463 e. The molecule has 0 amide bonds. The summed E-state index contributed by atoms with van der Waals surface area (Å²) in [7, 11) is 0. The van der Waals surface area contributed by atoms with Crippen LogP contribution in [0.5, 0.6) is 0 Å². The summed E-state index contributed by atoms with van der Waals surface area (Å²) in [5.74, 6) is 1.18. The van der Waals surface area contributed by atoms with Crippen LogP contribution in [-0.2, 0) is 6.42 Å². The molecular weight excluding hydrogens is 296 g/mol. The van der Waals surface area contributed by atoms with Crippen LogP contribution in [0.2, 0.25) is 5.15 Å². The van der Waals surface area contributed by atoms with Gasteiger partial charge in [0, 0.05) is 22.9 Å². The maximum absolute atomic E-state index is 5.83. The number of halogens is 1.